The third kappa shape index (κ3) is 70.8. The third-order valence-electron chi connectivity index (χ3n) is 0.988. The van der Waals surface area contributed by atoms with Gasteiger partial charge in [-0.2, -0.15) is 0 Å². The number of hydrogen-bond acceptors (Lipinski definition) is 9. The number of aliphatic hydroxyl groups is 5. The molecular weight excluding hydrogens is 284 g/mol. The number of rotatable bonds is 5. The van der Waals surface area contributed by atoms with Gasteiger partial charge in [0.05, 0.1) is 13.2 Å². The molecule has 0 saturated carbocycles. The second-order valence-corrected chi connectivity index (χ2v) is 3.40. The Balaban J connectivity index is -0.0000000799. The monoisotopic (exact) mass is 302 g/mol. The normalized spacial score (nSPS) is 9.56. The van der Waals surface area contributed by atoms with Crippen molar-refractivity contribution in [3.63, 3.8) is 0 Å². The van der Waals surface area contributed by atoms with Crippen molar-refractivity contribution in [1.82, 2.24) is 0 Å². The molecule has 0 radical (unpaired) electrons. The summed E-state index contributed by atoms with van der Waals surface area (Å²) in [6, 6.07) is 0. The zero-order valence-corrected chi connectivity index (χ0v) is 12.0. The minimum absolute atomic E-state index is 0. The Labute approximate surface area is 122 Å². The van der Waals surface area contributed by atoms with Crippen molar-refractivity contribution in [2.24, 2.45) is 0 Å². The standard InChI is InChI=1S/C4H10O2.C3H8O3.Mg.H2O4S/c5-3-1-2-4-6;4-1-3(6)2-5;;1-5(2,3)4/h5-6H,1-4H2;3-6H,1-2H2;;(H2,1,2,3,4)/q;;+2;/p-2. The zero-order chi connectivity index (χ0) is 14.3. The summed E-state index contributed by atoms with van der Waals surface area (Å²) in [7, 11) is -5.17. The summed E-state index contributed by atoms with van der Waals surface area (Å²) < 4.78 is 34.1. The Kier molecular flexibility index (Phi) is 29.5. The summed E-state index contributed by atoms with van der Waals surface area (Å²) in [5, 5.41) is 40.2. The first-order chi connectivity index (χ1) is 7.72. The van der Waals surface area contributed by atoms with E-state index in [1.807, 2.05) is 0 Å². The molecule has 0 aliphatic rings. The van der Waals surface area contributed by atoms with Crippen LogP contribution in [-0.2, 0) is 10.4 Å². The summed E-state index contributed by atoms with van der Waals surface area (Å²) in [6.07, 6.45) is 0.484. The summed E-state index contributed by atoms with van der Waals surface area (Å²) in [5.74, 6) is 0. The van der Waals surface area contributed by atoms with Gasteiger partial charge in [0, 0.05) is 23.6 Å². The van der Waals surface area contributed by atoms with E-state index >= 15 is 0 Å². The summed E-state index contributed by atoms with van der Waals surface area (Å²) in [4.78, 5) is 0. The van der Waals surface area contributed by atoms with Crippen molar-refractivity contribution in [1.29, 1.82) is 0 Å². The van der Waals surface area contributed by atoms with Crippen LogP contribution in [0.4, 0.5) is 0 Å². The maximum absolute atomic E-state index is 8.52. The summed E-state index contributed by atoms with van der Waals surface area (Å²) in [5.41, 5.74) is 0. The molecule has 11 heteroatoms. The van der Waals surface area contributed by atoms with Crippen LogP contribution in [0.5, 0.6) is 0 Å². The zero-order valence-electron chi connectivity index (χ0n) is 9.80. The van der Waals surface area contributed by atoms with Gasteiger partial charge in [0.25, 0.3) is 0 Å². The maximum atomic E-state index is 8.52. The molecule has 0 fully saturated rings. The molecule has 0 unspecified atom stereocenters. The van der Waals surface area contributed by atoms with E-state index in [0.717, 1.165) is 12.8 Å². The Bertz CT molecular complexity index is 205. The first kappa shape index (κ1) is 26.9. The number of unbranched alkanes of at least 4 members (excludes halogenated alkanes) is 1. The van der Waals surface area contributed by atoms with Gasteiger partial charge in [0.15, 0.2) is 0 Å². The molecule has 0 aromatic rings. The predicted molar refractivity (Wildman–Crippen MR) is 59.8 cm³/mol. The molecule has 0 heterocycles. The molecule has 0 bridgehead atoms. The van der Waals surface area contributed by atoms with Gasteiger partial charge in [-0.05, 0) is 12.8 Å². The fraction of sp³-hybridized carbons (Fsp3) is 1.00. The van der Waals surface area contributed by atoms with E-state index < -0.39 is 16.5 Å². The molecule has 0 atom stereocenters. The molecule has 0 amide bonds. The van der Waals surface area contributed by atoms with Crippen molar-refractivity contribution in [2.75, 3.05) is 26.4 Å². The van der Waals surface area contributed by atoms with Crippen LogP contribution in [0.1, 0.15) is 12.8 Å². The molecule has 108 valence electrons. The fourth-order valence-electron chi connectivity index (χ4n) is 0.281. The van der Waals surface area contributed by atoms with Gasteiger partial charge < -0.3 is 34.6 Å². The molecule has 0 saturated heterocycles. The van der Waals surface area contributed by atoms with E-state index in [0.29, 0.717) is 0 Å². The largest absolute Gasteiger partial charge is 2.00 e. The van der Waals surface area contributed by atoms with Crippen molar-refractivity contribution in [2.45, 2.75) is 18.9 Å². The first-order valence-corrected chi connectivity index (χ1v) is 5.84. The van der Waals surface area contributed by atoms with Crippen LogP contribution in [0.15, 0.2) is 0 Å². The fourth-order valence-corrected chi connectivity index (χ4v) is 0.281. The quantitative estimate of drug-likeness (QED) is 0.148. The topological polar surface area (TPSA) is 181 Å². The molecule has 0 rings (SSSR count). The van der Waals surface area contributed by atoms with Crippen LogP contribution in [0.2, 0.25) is 0 Å². The second-order valence-electron chi connectivity index (χ2n) is 2.58. The van der Waals surface area contributed by atoms with Gasteiger partial charge in [0.2, 0.25) is 0 Å². The van der Waals surface area contributed by atoms with Crippen LogP contribution in [0.3, 0.4) is 0 Å². The van der Waals surface area contributed by atoms with Gasteiger partial charge >= 0.3 is 23.1 Å². The molecular formula is C7H18MgO9S. The average molecular weight is 303 g/mol. The maximum Gasteiger partial charge on any atom is 2.00 e. The molecule has 0 aromatic carbocycles. The molecule has 0 spiro atoms. The second kappa shape index (κ2) is 19.8. The van der Waals surface area contributed by atoms with Crippen molar-refractivity contribution < 1.29 is 43.1 Å². The third-order valence-corrected chi connectivity index (χ3v) is 0.988. The molecule has 0 aliphatic carbocycles. The number of hydrogen-bond donors (Lipinski definition) is 5. The van der Waals surface area contributed by atoms with E-state index in [-0.39, 0.29) is 49.5 Å². The van der Waals surface area contributed by atoms with Crippen LogP contribution >= 0.6 is 0 Å². The average Bonchev–Trinajstić information content (AvgIpc) is 2.23. The van der Waals surface area contributed by atoms with E-state index in [1.165, 1.54) is 0 Å². The van der Waals surface area contributed by atoms with Gasteiger partial charge in [-0.1, -0.05) is 0 Å². The van der Waals surface area contributed by atoms with Gasteiger partial charge in [0.1, 0.15) is 6.10 Å². The SMILES string of the molecule is O=S(=O)([O-])[O-].OCC(O)CO.OCCCCO.[Mg+2]. The van der Waals surface area contributed by atoms with Gasteiger partial charge in [-0.25, -0.2) is 0 Å². The predicted octanol–water partition coefficient (Wildman–Crippen LogP) is -3.64. The van der Waals surface area contributed by atoms with Gasteiger partial charge in [-0.15, -0.1) is 0 Å². The van der Waals surface area contributed by atoms with E-state index in [2.05, 4.69) is 0 Å². The Hall–Kier alpha value is 0.436. The number of aliphatic hydroxyl groups excluding tert-OH is 5. The minimum Gasteiger partial charge on any atom is -0.759 e. The van der Waals surface area contributed by atoms with Crippen LogP contribution in [0.25, 0.3) is 0 Å². The van der Waals surface area contributed by atoms with Crippen LogP contribution in [0, 0.1) is 0 Å². The molecule has 5 N–H and O–H groups in total. The van der Waals surface area contributed by atoms with Gasteiger partial charge in [-0.3, -0.25) is 8.42 Å². The Morgan fingerprint density at radius 1 is 0.889 bits per heavy atom. The van der Waals surface area contributed by atoms with Crippen molar-refractivity contribution in [3.05, 3.63) is 0 Å². The molecule has 9 nitrogen and oxygen atoms in total. The smallest absolute Gasteiger partial charge is 0.759 e. The van der Waals surface area contributed by atoms with Crippen LogP contribution < -0.4 is 0 Å². The van der Waals surface area contributed by atoms with E-state index in [1.54, 1.807) is 0 Å². The Morgan fingerprint density at radius 2 is 1.11 bits per heavy atom. The van der Waals surface area contributed by atoms with Crippen LogP contribution in [-0.4, -0.2) is 98.6 Å². The summed E-state index contributed by atoms with van der Waals surface area (Å²) in [6.45, 7) is -0.339. The minimum atomic E-state index is -5.17. The first-order valence-electron chi connectivity index (χ1n) is 4.51. The van der Waals surface area contributed by atoms with Crippen molar-refractivity contribution in [3.8, 4) is 0 Å². The summed E-state index contributed by atoms with van der Waals surface area (Å²) >= 11 is 0. The van der Waals surface area contributed by atoms with E-state index in [9.17, 15) is 0 Å². The Morgan fingerprint density at radius 3 is 1.17 bits per heavy atom. The molecule has 0 aliphatic heterocycles. The molecule has 0 aromatic heterocycles. The van der Waals surface area contributed by atoms with E-state index in [4.69, 9.17) is 43.1 Å². The molecule has 18 heavy (non-hydrogen) atoms. The van der Waals surface area contributed by atoms with Crippen molar-refractivity contribution >= 4 is 33.5 Å².